The summed E-state index contributed by atoms with van der Waals surface area (Å²) < 4.78 is 3.62. The van der Waals surface area contributed by atoms with Crippen molar-refractivity contribution >= 4 is 32.5 Å². The molecule has 1 fully saturated rings. The van der Waals surface area contributed by atoms with Gasteiger partial charge in [0, 0.05) is 11.4 Å². The van der Waals surface area contributed by atoms with Crippen molar-refractivity contribution in [2.45, 2.75) is 37.5 Å². The predicted octanol–water partition coefficient (Wildman–Crippen LogP) is 3.27. The Morgan fingerprint density at radius 2 is 2.00 bits per heavy atom. The molecule has 104 valence electrons. The third-order valence-corrected chi connectivity index (χ3v) is 5.45. The van der Waals surface area contributed by atoms with Crippen LogP contribution < -0.4 is 5.73 Å². The fraction of sp³-hybridized carbons (Fsp3) is 0.375. The lowest BCUT2D eigenvalue weighted by Crippen LogP contribution is -2.44. The standard InChI is InChI=1S/C16H18N2OS/c17-11-5-3-7-13(15(11)19)18-12-6-2-1-4-10(12)16-14(18)8-9-20-16/h1-2,4,6,8-9,11,13,15,19H,3,5,7,17H2. The van der Waals surface area contributed by atoms with E-state index < -0.39 is 6.10 Å². The van der Waals surface area contributed by atoms with E-state index in [1.807, 2.05) is 0 Å². The topological polar surface area (TPSA) is 51.2 Å². The monoisotopic (exact) mass is 286 g/mol. The van der Waals surface area contributed by atoms with Gasteiger partial charge in [-0.1, -0.05) is 18.2 Å². The highest BCUT2D eigenvalue weighted by atomic mass is 32.1. The minimum absolute atomic E-state index is 0.0933. The minimum Gasteiger partial charge on any atom is -0.389 e. The fourth-order valence-electron chi connectivity index (χ4n) is 3.53. The molecule has 20 heavy (non-hydrogen) atoms. The highest BCUT2D eigenvalue weighted by Crippen LogP contribution is 2.39. The summed E-state index contributed by atoms with van der Waals surface area (Å²) in [5.74, 6) is 0. The number of hydrogen-bond acceptors (Lipinski definition) is 3. The molecule has 3 nitrogen and oxygen atoms in total. The Hall–Kier alpha value is -1.36. The second-order valence-electron chi connectivity index (χ2n) is 5.67. The van der Waals surface area contributed by atoms with Crippen LogP contribution in [-0.4, -0.2) is 21.8 Å². The summed E-state index contributed by atoms with van der Waals surface area (Å²) in [6.45, 7) is 0. The second-order valence-corrected chi connectivity index (χ2v) is 6.59. The molecular formula is C16H18N2OS. The summed E-state index contributed by atoms with van der Waals surface area (Å²) in [6, 6.07) is 10.6. The van der Waals surface area contributed by atoms with Crippen LogP contribution in [0.3, 0.4) is 0 Å². The molecule has 2 heterocycles. The fourth-order valence-corrected chi connectivity index (χ4v) is 4.45. The SMILES string of the molecule is NC1CCCC(n2c3ccccc3c3sccc32)C1O. The average Bonchev–Trinajstić information content (AvgIpc) is 3.03. The van der Waals surface area contributed by atoms with Crippen LogP contribution in [0.2, 0.25) is 0 Å². The van der Waals surface area contributed by atoms with Crippen LogP contribution in [0.4, 0.5) is 0 Å². The number of rotatable bonds is 1. The normalized spacial score (nSPS) is 27.4. The van der Waals surface area contributed by atoms with Gasteiger partial charge in [0.25, 0.3) is 0 Å². The molecule has 1 saturated carbocycles. The van der Waals surface area contributed by atoms with Gasteiger partial charge in [0.1, 0.15) is 0 Å². The summed E-state index contributed by atoms with van der Waals surface area (Å²) in [7, 11) is 0. The van der Waals surface area contributed by atoms with Gasteiger partial charge < -0.3 is 15.4 Å². The zero-order chi connectivity index (χ0) is 13.7. The van der Waals surface area contributed by atoms with Crippen LogP contribution in [-0.2, 0) is 0 Å². The summed E-state index contributed by atoms with van der Waals surface area (Å²) in [4.78, 5) is 0. The first kappa shape index (κ1) is 12.4. The van der Waals surface area contributed by atoms with Crippen LogP contribution in [0.5, 0.6) is 0 Å². The van der Waals surface area contributed by atoms with Gasteiger partial charge in [0.05, 0.1) is 27.9 Å². The number of thiophene rings is 1. The summed E-state index contributed by atoms with van der Waals surface area (Å²) in [5.41, 5.74) is 8.52. The Labute approximate surface area is 121 Å². The number of benzene rings is 1. The lowest BCUT2D eigenvalue weighted by atomic mass is 9.88. The Kier molecular flexibility index (Phi) is 2.84. The van der Waals surface area contributed by atoms with E-state index in [0.29, 0.717) is 0 Å². The lowest BCUT2D eigenvalue weighted by Gasteiger charge is -2.34. The number of aliphatic hydroxyl groups is 1. The zero-order valence-corrected chi connectivity index (χ0v) is 12.0. The molecular weight excluding hydrogens is 268 g/mol. The molecule has 0 spiro atoms. The summed E-state index contributed by atoms with van der Waals surface area (Å²) in [6.07, 6.45) is 2.55. The zero-order valence-electron chi connectivity index (χ0n) is 11.2. The summed E-state index contributed by atoms with van der Waals surface area (Å²) >= 11 is 1.77. The molecule has 4 rings (SSSR count). The maximum Gasteiger partial charge on any atom is 0.0897 e. The molecule has 4 heteroatoms. The van der Waals surface area contributed by atoms with Gasteiger partial charge in [0.15, 0.2) is 0 Å². The first-order chi connectivity index (χ1) is 9.77. The first-order valence-electron chi connectivity index (χ1n) is 7.17. The van der Waals surface area contributed by atoms with Crippen molar-refractivity contribution in [2.24, 2.45) is 5.73 Å². The molecule has 0 aliphatic heterocycles. The molecule has 0 amide bonds. The molecule has 0 radical (unpaired) electrons. The average molecular weight is 286 g/mol. The number of aliphatic hydroxyl groups excluding tert-OH is 1. The highest BCUT2D eigenvalue weighted by Gasteiger charge is 2.32. The van der Waals surface area contributed by atoms with Crippen molar-refractivity contribution < 1.29 is 5.11 Å². The molecule has 1 aromatic carbocycles. The molecule has 3 atom stereocenters. The van der Waals surface area contributed by atoms with Crippen LogP contribution in [0.1, 0.15) is 25.3 Å². The summed E-state index contributed by atoms with van der Waals surface area (Å²) in [5, 5.41) is 13.9. The Balaban J connectivity index is 1.98. The van der Waals surface area contributed by atoms with E-state index in [-0.39, 0.29) is 12.1 Å². The third kappa shape index (κ3) is 1.65. The van der Waals surface area contributed by atoms with Gasteiger partial charge in [-0.25, -0.2) is 0 Å². The molecule has 1 aliphatic carbocycles. The van der Waals surface area contributed by atoms with Crippen LogP contribution in [0.25, 0.3) is 21.1 Å². The molecule has 1 aliphatic rings. The molecule has 3 unspecified atom stereocenters. The van der Waals surface area contributed by atoms with Crippen molar-refractivity contribution in [3.05, 3.63) is 35.7 Å². The van der Waals surface area contributed by atoms with E-state index in [9.17, 15) is 5.11 Å². The van der Waals surface area contributed by atoms with E-state index >= 15 is 0 Å². The van der Waals surface area contributed by atoms with Gasteiger partial charge >= 0.3 is 0 Å². The lowest BCUT2D eigenvalue weighted by molar-refractivity contribution is 0.0606. The Morgan fingerprint density at radius 3 is 2.90 bits per heavy atom. The van der Waals surface area contributed by atoms with Gasteiger partial charge in [-0.05, 0) is 36.8 Å². The van der Waals surface area contributed by atoms with E-state index in [0.717, 1.165) is 19.3 Å². The number of nitrogens with two attached hydrogens (primary N) is 1. The minimum atomic E-state index is -0.456. The predicted molar refractivity (Wildman–Crippen MR) is 84.2 cm³/mol. The van der Waals surface area contributed by atoms with Crippen molar-refractivity contribution in [1.29, 1.82) is 0 Å². The van der Waals surface area contributed by atoms with Gasteiger partial charge in [-0.2, -0.15) is 0 Å². The van der Waals surface area contributed by atoms with Crippen molar-refractivity contribution in [2.75, 3.05) is 0 Å². The molecule has 3 aromatic rings. The van der Waals surface area contributed by atoms with Gasteiger partial charge in [-0.3, -0.25) is 0 Å². The quantitative estimate of drug-likeness (QED) is 0.721. The van der Waals surface area contributed by atoms with Crippen LogP contribution in [0.15, 0.2) is 35.7 Å². The molecule has 3 N–H and O–H groups in total. The van der Waals surface area contributed by atoms with E-state index in [4.69, 9.17) is 5.73 Å². The van der Waals surface area contributed by atoms with Crippen LogP contribution >= 0.6 is 11.3 Å². The smallest absolute Gasteiger partial charge is 0.0897 e. The second kappa shape index (κ2) is 4.58. The van der Waals surface area contributed by atoms with E-state index in [1.165, 1.54) is 21.1 Å². The van der Waals surface area contributed by atoms with Gasteiger partial charge in [0.2, 0.25) is 0 Å². The Morgan fingerprint density at radius 1 is 1.15 bits per heavy atom. The van der Waals surface area contributed by atoms with Crippen molar-refractivity contribution in [3.63, 3.8) is 0 Å². The first-order valence-corrected chi connectivity index (χ1v) is 8.05. The highest BCUT2D eigenvalue weighted by molar-refractivity contribution is 7.18. The van der Waals surface area contributed by atoms with Crippen molar-refractivity contribution in [3.8, 4) is 0 Å². The van der Waals surface area contributed by atoms with E-state index in [1.54, 1.807) is 11.3 Å². The Bertz CT molecular complexity index is 760. The number of para-hydroxylation sites is 1. The maximum absolute atomic E-state index is 10.5. The number of nitrogens with zero attached hydrogens (tertiary/aromatic N) is 1. The number of aromatic nitrogens is 1. The van der Waals surface area contributed by atoms with E-state index in [2.05, 4.69) is 40.3 Å². The van der Waals surface area contributed by atoms with Crippen molar-refractivity contribution in [1.82, 2.24) is 4.57 Å². The largest absolute Gasteiger partial charge is 0.389 e. The van der Waals surface area contributed by atoms with Gasteiger partial charge in [-0.15, -0.1) is 11.3 Å². The molecule has 0 saturated heterocycles. The number of fused-ring (bicyclic) bond motifs is 3. The third-order valence-electron chi connectivity index (χ3n) is 4.51. The maximum atomic E-state index is 10.5. The number of hydrogen-bond donors (Lipinski definition) is 2. The molecule has 2 aromatic heterocycles. The van der Waals surface area contributed by atoms with Crippen LogP contribution in [0, 0.1) is 0 Å². The molecule has 0 bridgehead atoms.